The molecule has 2 fully saturated rings. The minimum Gasteiger partial charge on any atom is -0.466 e. The van der Waals surface area contributed by atoms with E-state index in [9.17, 15) is 26.4 Å². The lowest BCUT2D eigenvalue weighted by Crippen LogP contribution is -2.47. The van der Waals surface area contributed by atoms with Crippen LogP contribution in [0.3, 0.4) is 0 Å². The number of rotatable bonds is 5. The van der Waals surface area contributed by atoms with Crippen molar-refractivity contribution in [3.8, 4) is 0 Å². The van der Waals surface area contributed by atoms with Crippen LogP contribution in [-0.4, -0.2) is 62.4 Å². The molecule has 0 aliphatic carbocycles. The molecule has 2 aliphatic heterocycles. The van der Waals surface area contributed by atoms with Gasteiger partial charge in [-0.2, -0.15) is 18.2 Å². The third kappa shape index (κ3) is 4.63. The van der Waals surface area contributed by atoms with Gasteiger partial charge in [-0.15, -0.1) is 0 Å². The number of carbonyl (C=O) groups is 1. The second-order valence-corrected chi connectivity index (χ2v) is 9.57. The van der Waals surface area contributed by atoms with Gasteiger partial charge >= 0.3 is 12.1 Å². The largest absolute Gasteiger partial charge is 0.466 e. The smallest absolute Gasteiger partial charge is 0.416 e. The van der Waals surface area contributed by atoms with Gasteiger partial charge in [0.2, 0.25) is 10.0 Å². The summed E-state index contributed by atoms with van der Waals surface area (Å²) in [4.78, 5) is 17.3. The van der Waals surface area contributed by atoms with E-state index in [1.807, 2.05) is 0 Å². The second kappa shape index (κ2) is 8.81. The maximum absolute atomic E-state index is 13.3. The van der Waals surface area contributed by atoms with E-state index in [0.717, 1.165) is 12.1 Å². The first-order chi connectivity index (χ1) is 14.1. The highest BCUT2D eigenvalue weighted by atomic mass is 32.2. The highest BCUT2D eigenvalue weighted by Gasteiger charge is 2.47. The Labute approximate surface area is 173 Å². The molecule has 0 aromatic heterocycles. The molecule has 0 radical (unpaired) electrons. The van der Waals surface area contributed by atoms with Crippen LogP contribution in [-0.2, 0) is 30.6 Å². The number of hydrogen-bond donors (Lipinski definition) is 0. The van der Waals surface area contributed by atoms with Crippen LogP contribution in [0.1, 0.15) is 36.9 Å². The van der Waals surface area contributed by atoms with Crippen LogP contribution in [0, 0.1) is 5.92 Å². The van der Waals surface area contributed by atoms with Gasteiger partial charge in [0.1, 0.15) is 5.25 Å². The number of benzene rings is 1. The molecule has 168 valence electrons. The molecule has 2 unspecified atom stereocenters. The molecule has 2 atom stereocenters. The second-order valence-electron chi connectivity index (χ2n) is 7.42. The number of carbonyl (C=O) groups excluding carboxylic acids is 1. The monoisotopic (exact) mass is 450 g/mol. The van der Waals surface area contributed by atoms with Gasteiger partial charge in [0, 0.05) is 20.1 Å². The summed E-state index contributed by atoms with van der Waals surface area (Å²) in [6.07, 6.45) is -3.84. The first-order valence-corrected chi connectivity index (χ1v) is 11.2. The van der Waals surface area contributed by atoms with E-state index < -0.39 is 33.1 Å². The Balaban J connectivity index is 1.80. The third-order valence-electron chi connectivity index (χ3n) is 5.56. The van der Waals surface area contributed by atoms with Gasteiger partial charge in [-0.1, -0.05) is 12.1 Å². The number of sulfonamides is 1. The van der Waals surface area contributed by atoms with E-state index >= 15 is 0 Å². The molecule has 0 saturated carbocycles. The Kier molecular flexibility index (Phi) is 6.75. The predicted octanol–water partition coefficient (Wildman–Crippen LogP) is 2.60. The Morgan fingerprint density at radius 2 is 1.93 bits per heavy atom. The summed E-state index contributed by atoms with van der Waals surface area (Å²) in [6, 6.07) is 3.77. The van der Waals surface area contributed by atoms with Gasteiger partial charge in [-0.05, 0) is 37.5 Å². The maximum Gasteiger partial charge on any atom is 0.416 e. The van der Waals surface area contributed by atoms with Crippen LogP contribution >= 0.6 is 0 Å². The summed E-state index contributed by atoms with van der Waals surface area (Å²) in [5.74, 6) is -0.682. The summed E-state index contributed by atoms with van der Waals surface area (Å²) in [5, 5.41) is 0.244. The molecule has 0 spiro atoms. The van der Waals surface area contributed by atoms with Crippen molar-refractivity contribution in [2.45, 2.75) is 37.2 Å². The van der Waals surface area contributed by atoms with Crippen molar-refractivity contribution in [2.24, 2.45) is 5.92 Å². The van der Waals surface area contributed by atoms with E-state index in [-0.39, 0.29) is 43.8 Å². The molecule has 1 aromatic carbocycles. The minimum absolute atomic E-state index is 0.154. The van der Waals surface area contributed by atoms with Crippen molar-refractivity contribution in [1.29, 1.82) is 0 Å². The van der Waals surface area contributed by atoms with Crippen LogP contribution in [0.4, 0.5) is 13.2 Å². The number of halogens is 3. The van der Waals surface area contributed by atoms with Gasteiger partial charge in [0.15, 0.2) is 0 Å². The number of nitrogens with zero attached hydrogens (tertiary/aromatic N) is 2. The van der Waals surface area contributed by atoms with E-state index in [2.05, 4.69) is 0 Å². The van der Waals surface area contributed by atoms with Crippen molar-refractivity contribution in [1.82, 2.24) is 9.37 Å². The van der Waals surface area contributed by atoms with Crippen molar-refractivity contribution in [3.63, 3.8) is 0 Å². The summed E-state index contributed by atoms with van der Waals surface area (Å²) >= 11 is 0. The van der Waals surface area contributed by atoms with Crippen LogP contribution in [0.15, 0.2) is 24.3 Å². The molecule has 7 nitrogen and oxygen atoms in total. The highest BCUT2D eigenvalue weighted by molar-refractivity contribution is 7.89. The first-order valence-electron chi connectivity index (χ1n) is 9.74. The molecule has 3 rings (SSSR count). The van der Waals surface area contributed by atoms with Crippen molar-refractivity contribution >= 4 is 16.0 Å². The Morgan fingerprint density at radius 3 is 2.53 bits per heavy atom. The lowest BCUT2D eigenvalue weighted by atomic mass is 9.98. The number of alkyl halides is 3. The Hall–Kier alpha value is -1.69. The molecular weight excluding hydrogens is 425 g/mol. The van der Waals surface area contributed by atoms with Gasteiger partial charge in [0.25, 0.3) is 0 Å². The van der Waals surface area contributed by atoms with Crippen LogP contribution < -0.4 is 0 Å². The average Bonchev–Trinajstić information content (AvgIpc) is 3.10. The van der Waals surface area contributed by atoms with Crippen LogP contribution in [0.5, 0.6) is 0 Å². The van der Waals surface area contributed by atoms with Crippen molar-refractivity contribution in [3.05, 3.63) is 35.4 Å². The van der Waals surface area contributed by atoms with E-state index in [1.54, 1.807) is 6.92 Å². The average molecular weight is 450 g/mol. The standard InChI is InChI=1S/C19H25F3N2O5S/c1-3-28-18(25)13-7-9-24(10-8-13)30(26,27)16-12-29-23(2)17(16)14-5-4-6-15(11-14)19(20,21)22/h4-6,11,13,16-17H,3,7-10,12H2,1-2H3. The molecule has 2 heterocycles. The predicted molar refractivity (Wildman–Crippen MR) is 102 cm³/mol. The lowest BCUT2D eigenvalue weighted by Gasteiger charge is -2.33. The number of hydrogen-bond acceptors (Lipinski definition) is 6. The number of ether oxygens (including phenoxy) is 1. The molecule has 11 heteroatoms. The Bertz CT molecular complexity index is 869. The minimum atomic E-state index is -4.53. The quantitative estimate of drug-likeness (QED) is 0.642. The maximum atomic E-state index is 13.3. The van der Waals surface area contributed by atoms with Crippen LogP contribution in [0.2, 0.25) is 0 Å². The zero-order valence-corrected chi connectivity index (χ0v) is 17.6. The first kappa shape index (κ1) is 23.0. The van der Waals surface area contributed by atoms with Gasteiger partial charge in [-0.3, -0.25) is 9.63 Å². The number of hydroxylamine groups is 2. The summed E-state index contributed by atoms with van der Waals surface area (Å²) < 4.78 is 72.2. The zero-order chi connectivity index (χ0) is 22.1. The lowest BCUT2D eigenvalue weighted by molar-refractivity contribution is -0.149. The molecule has 1 aromatic rings. The highest BCUT2D eigenvalue weighted by Crippen LogP contribution is 2.38. The van der Waals surface area contributed by atoms with Crippen molar-refractivity contribution in [2.75, 3.05) is 33.4 Å². The van der Waals surface area contributed by atoms with E-state index in [0.29, 0.717) is 12.8 Å². The molecular formula is C19H25F3N2O5S. The third-order valence-corrected chi connectivity index (χ3v) is 7.80. The fourth-order valence-electron chi connectivity index (χ4n) is 3.97. The molecule has 0 N–H and O–H groups in total. The number of esters is 1. The normalized spacial score (nSPS) is 24.8. The van der Waals surface area contributed by atoms with Crippen LogP contribution in [0.25, 0.3) is 0 Å². The fourth-order valence-corrected chi connectivity index (χ4v) is 5.96. The SMILES string of the molecule is CCOC(=O)C1CCN(S(=O)(=O)C2CON(C)C2c2cccc(C(F)(F)F)c2)CC1. The van der Waals surface area contributed by atoms with Gasteiger partial charge in [0.05, 0.1) is 30.7 Å². The van der Waals surface area contributed by atoms with Gasteiger partial charge in [-0.25, -0.2) is 12.7 Å². The van der Waals surface area contributed by atoms with E-state index in [1.165, 1.54) is 28.5 Å². The molecule has 0 amide bonds. The van der Waals surface area contributed by atoms with E-state index in [4.69, 9.17) is 9.57 Å². The summed E-state index contributed by atoms with van der Waals surface area (Å²) in [5.41, 5.74) is -0.619. The summed E-state index contributed by atoms with van der Waals surface area (Å²) in [6.45, 7) is 2.13. The number of piperidine rings is 1. The fraction of sp³-hybridized carbons (Fsp3) is 0.632. The Morgan fingerprint density at radius 1 is 1.27 bits per heavy atom. The van der Waals surface area contributed by atoms with Crippen molar-refractivity contribution < 1.29 is 36.0 Å². The topological polar surface area (TPSA) is 76.1 Å². The molecule has 30 heavy (non-hydrogen) atoms. The zero-order valence-electron chi connectivity index (χ0n) is 16.8. The molecule has 0 bridgehead atoms. The van der Waals surface area contributed by atoms with Gasteiger partial charge < -0.3 is 4.74 Å². The summed E-state index contributed by atoms with van der Waals surface area (Å²) in [7, 11) is -2.36. The molecule has 2 saturated heterocycles. The molecule has 2 aliphatic rings.